The first-order chi connectivity index (χ1) is 13.7. The number of piperidine rings is 1. The van der Waals surface area contributed by atoms with Crippen LogP contribution in [0.15, 0.2) is 53.5 Å². The molecule has 5 nitrogen and oxygen atoms in total. The van der Waals surface area contributed by atoms with Gasteiger partial charge in [0.25, 0.3) is 0 Å². The van der Waals surface area contributed by atoms with Crippen LogP contribution in [-0.2, 0) is 6.54 Å². The normalized spacial score (nSPS) is 15.2. The molecule has 1 aliphatic rings. The Kier molecular flexibility index (Phi) is 6.85. The Morgan fingerprint density at radius 3 is 2.61 bits per heavy atom. The number of nitriles is 1. The van der Waals surface area contributed by atoms with Gasteiger partial charge in [-0.15, -0.1) is 0 Å². The predicted molar refractivity (Wildman–Crippen MR) is 111 cm³/mol. The average molecular weight is 379 g/mol. The summed E-state index contributed by atoms with van der Waals surface area (Å²) in [4.78, 5) is 6.93. The molecule has 2 aromatic rings. The molecule has 2 aromatic carbocycles. The van der Waals surface area contributed by atoms with Gasteiger partial charge in [0.1, 0.15) is 5.82 Å². The monoisotopic (exact) mass is 379 g/mol. The van der Waals surface area contributed by atoms with Crippen LogP contribution in [0, 0.1) is 17.1 Å². The minimum absolute atomic E-state index is 0.232. The number of anilines is 1. The van der Waals surface area contributed by atoms with Crippen LogP contribution in [0.25, 0.3) is 0 Å². The van der Waals surface area contributed by atoms with E-state index in [1.165, 1.54) is 11.8 Å². The maximum Gasteiger partial charge on any atom is 0.191 e. The number of nitrogens with zero attached hydrogens (tertiary/aromatic N) is 3. The van der Waals surface area contributed by atoms with Crippen molar-refractivity contribution in [1.82, 2.24) is 10.6 Å². The fourth-order valence-electron chi connectivity index (χ4n) is 3.34. The summed E-state index contributed by atoms with van der Waals surface area (Å²) in [7, 11) is 0. The van der Waals surface area contributed by atoms with Gasteiger partial charge >= 0.3 is 0 Å². The van der Waals surface area contributed by atoms with Gasteiger partial charge in [-0.1, -0.05) is 24.3 Å². The van der Waals surface area contributed by atoms with Crippen molar-refractivity contribution in [1.29, 1.82) is 5.26 Å². The lowest BCUT2D eigenvalue weighted by atomic mass is 10.0. The van der Waals surface area contributed by atoms with Crippen LogP contribution >= 0.6 is 0 Å². The second kappa shape index (κ2) is 9.75. The summed E-state index contributed by atoms with van der Waals surface area (Å²) >= 11 is 0. The third kappa shape index (κ3) is 5.23. The molecule has 6 heteroatoms. The predicted octanol–water partition coefficient (Wildman–Crippen LogP) is 3.42. The molecule has 0 aliphatic carbocycles. The van der Waals surface area contributed by atoms with Gasteiger partial charge in [0.05, 0.1) is 18.2 Å². The molecule has 1 fully saturated rings. The molecule has 0 bridgehead atoms. The van der Waals surface area contributed by atoms with Crippen molar-refractivity contribution in [3.63, 3.8) is 0 Å². The molecule has 0 unspecified atom stereocenters. The first kappa shape index (κ1) is 19.7. The number of guanidine groups is 1. The fraction of sp³-hybridized carbons (Fsp3) is 0.364. The summed E-state index contributed by atoms with van der Waals surface area (Å²) in [6.07, 6.45) is 2.04. The van der Waals surface area contributed by atoms with E-state index in [1.807, 2.05) is 19.1 Å². The SMILES string of the molecule is CCNC(=NCc1ccc(C#N)cc1F)NC1CCN(c2ccccc2)CC1. The molecule has 0 spiro atoms. The zero-order chi connectivity index (χ0) is 19.8. The van der Waals surface area contributed by atoms with Gasteiger partial charge in [-0.05, 0) is 44.0 Å². The number of para-hydroxylation sites is 1. The first-order valence-electron chi connectivity index (χ1n) is 9.73. The molecule has 2 N–H and O–H groups in total. The molecule has 1 saturated heterocycles. The fourth-order valence-corrected chi connectivity index (χ4v) is 3.34. The number of hydrogen-bond acceptors (Lipinski definition) is 3. The van der Waals surface area contributed by atoms with Gasteiger partial charge < -0.3 is 15.5 Å². The summed E-state index contributed by atoms with van der Waals surface area (Å²) in [5.41, 5.74) is 2.06. The lowest BCUT2D eigenvalue weighted by molar-refractivity contribution is 0.461. The zero-order valence-corrected chi connectivity index (χ0v) is 16.2. The van der Waals surface area contributed by atoms with Crippen molar-refractivity contribution >= 4 is 11.6 Å². The molecule has 28 heavy (non-hydrogen) atoms. The minimum atomic E-state index is -0.394. The third-order valence-corrected chi connectivity index (χ3v) is 4.89. The maximum atomic E-state index is 14.1. The Morgan fingerprint density at radius 2 is 1.96 bits per heavy atom. The lowest BCUT2D eigenvalue weighted by Crippen LogP contribution is -2.48. The second-order valence-corrected chi connectivity index (χ2v) is 6.85. The van der Waals surface area contributed by atoms with Crippen LogP contribution in [0.3, 0.4) is 0 Å². The number of benzene rings is 2. The molecule has 3 rings (SSSR count). The Balaban J connectivity index is 1.57. The van der Waals surface area contributed by atoms with E-state index in [1.54, 1.807) is 12.1 Å². The summed E-state index contributed by atoms with van der Waals surface area (Å²) in [5.74, 6) is 0.305. The van der Waals surface area contributed by atoms with Gasteiger partial charge in [-0.2, -0.15) is 5.26 Å². The molecule has 0 saturated carbocycles. The number of rotatable bonds is 5. The third-order valence-electron chi connectivity index (χ3n) is 4.89. The molecular formula is C22H26FN5. The van der Waals surface area contributed by atoms with Crippen molar-refractivity contribution in [3.05, 3.63) is 65.5 Å². The molecule has 146 valence electrons. The van der Waals surface area contributed by atoms with Crippen LogP contribution in [0.1, 0.15) is 30.9 Å². The van der Waals surface area contributed by atoms with Crippen molar-refractivity contribution < 1.29 is 4.39 Å². The largest absolute Gasteiger partial charge is 0.371 e. The lowest BCUT2D eigenvalue weighted by Gasteiger charge is -2.34. The average Bonchev–Trinajstić information content (AvgIpc) is 2.74. The van der Waals surface area contributed by atoms with E-state index in [0.717, 1.165) is 32.5 Å². The van der Waals surface area contributed by atoms with E-state index in [9.17, 15) is 4.39 Å². The van der Waals surface area contributed by atoms with Crippen LogP contribution in [-0.4, -0.2) is 31.6 Å². The Bertz CT molecular complexity index is 836. The Hall–Kier alpha value is -3.07. The minimum Gasteiger partial charge on any atom is -0.371 e. The maximum absolute atomic E-state index is 14.1. The Labute approximate surface area is 165 Å². The van der Waals surface area contributed by atoms with E-state index >= 15 is 0 Å². The summed E-state index contributed by atoms with van der Waals surface area (Å²) < 4.78 is 14.1. The van der Waals surface area contributed by atoms with Gasteiger partial charge in [0.2, 0.25) is 0 Å². The Morgan fingerprint density at radius 1 is 1.21 bits per heavy atom. The second-order valence-electron chi connectivity index (χ2n) is 6.85. The zero-order valence-electron chi connectivity index (χ0n) is 16.2. The summed E-state index contributed by atoms with van der Waals surface area (Å²) in [6, 6.07) is 17.2. The van der Waals surface area contributed by atoms with Crippen LogP contribution < -0.4 is 15.5 Å². The van der Waals surface area contributed by atoms with E-state index in [2.05, 4.69) is 44.8 Å². The van der Waals surface area contributed by atoms with Crippen molar-refractivity contribution in [2.45, 2.75) is 32.4 Å². The molecule has 1 aliphatic heterocycles. The highest BCUT2D eigenvalue weighted by Gasteiger charge is 2.20. The standard InChI is InChI=1S/C22H26FN5/c1-2-25-22(26-16-18-9-8-17(15-24)14-21(18)23)27-19-10-12-28(13-11-19)20-6-4-3-5-7-20/h3-9,14,19H,2,10-13,16H2,1H3,(H2,25,26,27). The number of halogens is 1. The first-order valence-corrected chi connectivity index (χ1v) is 9.73. The van der Waals surface area contributed by atoms with E-state index in [0.29, 0.717) is 23.1 Å². The van der Waals surface area contributed by atoms with Crippen LogP contribution in [0.2, 0.25) is 0 Å². The topological polar surface area (TPSA) is 63.5 Å². The van der Waals surface area contributed by atoms with Gasteiger partial charge in [-0.25, -0.2) is 9.38 Å². The van der Waals surface area contributed by atoms with Gasteiger partial charge in [0.15, 0.2) is 5.96 Å². The van der Waals surface area contributed by atoms with Gasteiger partial charge in [0, 0.05) is 36.9 Å². The highest BCUT2D eigenvalue weighted by molar-refractivity contribution is 5.80. The number of aliphatic imine (C=N–C) groups is 1. The molecule has 1 heterocycles. The highest BCUT2D eigenvalue weighted by atomic mass is 19.1. The number of nitrogens with one attached hydrogen (secondary N) is 2. The van der Waals surface area contributed by atoms with E-state index in [4.69, 9.17) is 5.26 Å². The van der Waals surface area contributed by atoms with Crippen molar-refractivity contribution in [2.24, 2.45) is 4.99 Å². The quantitative estimate of drug-likeness (QED) is 0.617. The molecule has 0 amide bonds. The molecule has 0 atom stereocenters. The molecular weight excluding hydrogens is 353 g/mol. The van der Waals surface area contributed by atoms with E-state index in [-0.39, 0.29) is 6.54 Å². The smallest absolute Gasteiger partial charge is 0.191 e. The van der Waals surface area contributed by atoms with E-state index < -0.39 is 5.82 Å². The molecule has 0 radical (unpaired) electrons. The number of hydrogen-bond donors (Lipinski definition) is 2. The highest BCUT2D eigenvalue weighted by Crippen LogP contribution is 2.19. The summed E-state index contributed by atoms with van der Waals surface area (Å²) in [6.45, 7) is 4.97. The molecule has 0 aromatic heterocycles. The van der Waals surface area contributed by atoms with Crippen LogP contribution in [0.4, 0.5) is 10.1 Å². The van der Waals surface area contributed by atoms with Gasteiger partial charge in [-0.3, -0.25) is 0 Å². The van der Waals surface area contributed by atoms with Crippen molar-refractivity contribution in [3.8, 4) is 6.07 Å². The summed E-state index contributed by atoms with van der Waals surface area (Å²) in [5, 5.41) is 15.6. The van der Waals surface area contributed by atoms with Crippen LogP contribution in [0.5, 0.6) is 0 Å². The van der Waals surface area contributed by atoms with Crippen molar-refractivity contribution in [2.75, 3.05) is 24.5 Å².